The van der Waals surface area contributed by atoms with Crippen LogP contribution in [0.5, 0.6) is 0 Å². The van der Waals surface area contributed by atoms with E-state index in [2.05, 4.69) is 29.5 Å². The Kier molecular flexibility index (Phi) is 9.24. The second-order valence-electron chi connectivity index (χ2n) is 7.60. The van der Waals surface area contributed by atoms with Crippen molar-refractivity contribution in [3.8, 4) is 0 Å². The van der Waals surface area contributed by atoms with E-state index >= 15 is 0 Å². The van der Waals surface area contributed by atoms with Gasteiger partial charge in [-0.05, 0) is 71.5 Å². The summed E-state index contributed by atoms with van der Waals surface area (Å²) < 4.78 is 12.1. The lowest BCUT2D eigenvalue weighted by molar-refractivity contribution is 0.214. The first-order valence-corrected chi connectivity index (χ1v) is 11.6. The first-order chi connectivity index (χ1) is 12.1. The Bertz CT molecular complexity index is 435. The van der Waals surface area contributed by atoms with Crippen LogP contribution in [0.1, 0.15) is 58.8 Å². The summed E-state index contributed by atoms with van der Waals surface area (Å²) in [5, 5.41) is 7.35. The van der Waals surface area contributed by atoms with Crippen molar-refractivity contribution in [1.29, 1.82) is 0 Å². The summed E-state index contributed by atoms with van der Waals surface area (Å²) in [5.74, 6) is 2.56. The largest absolute Gasteiger partial charge is 0.357 e. The van der Waals surface area contributed by atoms with Gasteiger partial charge in [-0.3, -0.25) is 9.20 Å². The first-order valence-electron chi connectivity index (χ1n) is 10.2. The van der Waals surface area contributed by atoms with Crippen molar-refractivity contribution in [3.63, 3.8) is 0 Å². The minimum Gasteiger partial charge on any atom is -0.357 e. The van der Waals surface area contributed by atoms with Crippen LogP contribution >= 0.6 is 0 Å². The quantitative estimate of drug-likeness (QED) is 0.533. The fraction of sp³-hybridized carbons (Fsp3) is 0.947. The summed E-state index contributed by atoms with van der Waals surface area (Å²) in [5.41, 5.74) is 0. The Hall–Kier alpha value is -0.620. The summed E-state index contributed by atoms with van der Waals surface area (Å²) in [6.07, 6.45) is 8.27. The van der Waals surface area contributed by atoms with Crippen molar-refractivity contribution in [2.45, 2.75) is 70.1 Å². The number of guanidine groups is 1. The zero-order valence-corrected chi connectivity index (χ0v) is 17.2. The standard InChI is InChI=1S/C19H38N4OS/c1-4-20-19(21-12-9-16-10-13-23(3)14-11-16)22-17-7-6-8-18(15-17)25(24)5-2/h16-18H,4-15H2,1-3H3,(H2,20,21,22). The van der Waals surface area contributed by atoms with Crippen LogP contribution in [-0.2, 0) is 10.8 Å². The molecule has 146 valence electrons. The van der Waals surface area contributed by atoms with E-state index in [9.17, 15) is 4.21 Å². The van der Waals surface area contributed by atoms with Crippen LogP contribution in [-0.4, -0.2) is 65.3 Å². The highest BCUT2D eigenvalue weighted by Crippen LogP contribution is 2.23. The molecule has 1 saturated carbocycles. The summed E-state index contributed by atoms with van der Waals surface area (Å²) >= 11 is 0. The molecule has 3 atom stereocenters. The maximum Gasteiger partial charge on any atom is 0.191 e. The molecule has 2 aliphatic rings. The van der Waals surface area contributed by atoms with Gasteiger partial charge in [0.1, 0.15) is 0 Å². The molecule has 0 aromatic heterocycles. The summed E-state index contributed by atoms with van der Waals surface area (Å²) in [7, 11) is 1.54. The Morgan fingerprint density at radius 3 is 2.64 bits per heavy atom. The van der Waals surface area contributed by atoms with Gasteiger partial charge in [-0.15, -0.1) is 0 Å². The van der Waals surface area contributed by atoms with Crippen LogP contribution in [0.25, 0.3) is 0 Å². The number of piperidine rings is 1. The topological polar surface area (TPSA) is 56.7 Å². The molecule has 0 aromatic carbocycles. The third-order valence-corrected chi connectivity index (χ3v) is 7.35. The molecule has 2 fully saturated rings. The van der Waals surface area contributed by atoms with E-state index in [4.69, 9.17) is 4.99 Å². The lowest BCUT2D eigenvalue weighted by atomic mass is 9.94. The number of hydrogen-bond acceptors (Lipinski definition) is 3. The van der Waals surface area contributed by atoms with E-state index in [0.29, 0.717) is 11.3 Å². The SMILES string of the molecule is CCNC(=NCCC1CCN(C)CC1)NC1CCCC(S(=O)CC)C1. The molecule has 6 heteroatoms. The average Bonchev–Trinajstić information content (AvgIpc) is 2.63. The number of nitrogens with one attached hydrogen (secondary N) is 2. The van der Waals surface area contributed by atoms with E-state index in [0.717, 1.165) is 50.0 Å². The molecule has 1 aliphatic carbocycles. The maximum absolute atomic E-state index is 12.1. The van der Waals surface area contributed by atoms with Crippen molar-refractivity contribution in [1.82, 2.24) is 15.5 Å². The van der Waals surface area contributed by atoms with Crippen molar-refractivity contribution >= 4 is 16.8 Å². The molecule has 0 radical (unpaired) electrons. The average molecular weight is 371 g/mol. The second-order valence-corrected chi connectivity index (χ2v) is 9.60. The highest BCUT2D eigenvalue weighted by molar-refractivity contribution is 7.85. The lowest BCUT2D eigenvalue weighted by Gasteiger charge is -2.30. The highest BCUT2D eigenvalue weighted by atomic mass is 32.2. The highest BCUT2D eigenvalue weighted by Gasteiger charge is 2.26. The molecule has 2 N–H and O–H groups in total. The van der Waals surface area contributed by atoms with Gasteiger partial charge in [0.05, 0.1) is 0 Å². The van der Waals surface area contributed by atoms with E-state index < -0.39 is 10.8 Å². The summed E-state index contributed by atoms with van der Waals surface area (Å²) in [6, 6.07) is 0.412. The van der Waals surface area contributed by atoms with Crippen LogP contribution in [0, 0.1) is 5.92 Å². The fourth-order valence-electron chi connectivity index (χ4n) is 3.97. The van der Waals surface area contributed by atoms with Gasteiger partial charge < -0.3 is 15.5 Å². The molecule has 5 nitrogen and oxygen atoms in total. The van der Waals surface area contributed by atoms with E-state index in [1.807, 2.05) is 6.92 Å². The monoisotopic (exact) mass is 370 g/mol. The van der Waals surface area contributed by atoms with Gasteiger partial charge in [0, 0.05) is 40.9 Å². The molecule has 2 rings (SSSR count). The Labute approximate surface area is 156 Å². The Morgan fingerprint density at radius 1 is 1.20 bits per heavy atom. The van der Waals surface area contributed by atoms with Crippen LogP contribution in [0.3, 0.4) is 0 Å². The number of nitrogens with zero attached hydrogens (tertiary/aromatic N) is 2. The van der Waals surface area contributed by atoms with Crippen LogP contribution in [0.2, 0.25) is 0 Å². The fourth-order valence-corrected chi connectivity index (χ4v) is 5.32. The van der Waals surface area contributed by atoms with Crippen molar-refractivity contribution in [3.05, 3.63) is 0 Å². The maximum atomic E-state index is 12.1. The van der Waals surface area contributed by atoms with E-state index in [1.165, 1.54) is 38.8 Å². The number of aliphatic imine (C=N–C) groups is 1. The molecule has 1 aliphatic heterocycles. The minimum absolute atomic E-state index is 0.360. The molecule has 3 unspecified atom stereocenters. The third-order valence-electron chi connectivity index (χ3n) is 5.61. The first kappa shape index (κ1) is 20.7. The molecule has 0 amide bonds. The van der Waals surface area contributed by atoms with Crippen LogP contribution in [0.15, 0.2) is 4.99 Å². The zero-order chi connectivity index (χ0) is 18.1. The summed E-state index contributed by atoms with van der Waals surface area (Å²) in [4.78, 5) is 7.24. The van der Waals surface area contributed by atoms with Gasteiger partial charge in [-0.25, -0.2) is 0 Å². The molecular formula is C19H38N4OS. The molecule has 1 heterocycles. The van der Waals surface area contributed by atoms with Gasteiger partial charge in [-0.2, -0.15) is 0 Å². The van der Waals surface area contributed by atoms with E-state index in [-0.39, 0.29) is 0 Å². The minimum atomic E-state index is -0.669. The Morgan fingerprint density at radius 2 is 1.96 bits per heavy atom. The molecule has 1 saturated heterocycles. The van der Waals surface area contributed by atoms with Crippen LogP contribution < -0.4 is 10.6 Å². The van der Waals surface area contributed by atoms with E-state index in [1.54, 1.807) is 0 Å². The zero-order valence-electron chi connectivity index (χ0n) is 16.4. The smallest absolute Gasteiger partial charge is 0.191 e. The molecule has 25 heavy (non-hydrogen) atoms. The molecule has 0 aromatic rings. The van der Waals surface area contributed by atoms with Gasteiger partial charge in [0.15, 0.2) is 5.96 Å². The molecule has 0 bridgehead atoms. The predicted molar refractivity (Wildman–Crippen MR) is 109 cm³/mol. The van der Waals surface area contributed by atoms with Crippen molar-refractivity contribution in [2.75, 3.05) is 39.0 Å². The van der Waals surface area contributed by atoms with Gasteiger partial charge in [-0.1, -0.05) is 13.3 Å². The van der Waals surface area contributed by atoms with Crippen molar-refractivity contribution in [2.24, 2.45) is 10.9 Å². The number of hydrogen-bond donors (Lipinski definition) is 2. The Balaban J connectivity index is 1.79. The van der Waals surface area contributed by atoms with Crippen molar-refractivity contribution < 1.29 is 4.21 Å². The number of rotatable bonds is 7. The second kappa shape index (κ2) is 11.2. The number of likely N-dealkylation sites (tertiary alicyclic amines) is 1. The van der Waals surface area contributed by atoms with Gasteiger partial charge in [0.2, 0.25) is 0 Å². The predicted octanol–water partition coefficient (Wildman–Crippen LogP) is 2.35. The molecule has 0 spiro atoms. The lowest BCUT2D eigenvalue weighted by Crippen LogP contribution is -2.46. The molecular weight excluding hydrogens is 332 g/mol. The van der Waals surface area contributed by atoms with Crippen LogP contribution in [0.4, 0.5) is 0 Å². The normalized spacial score (nSPS) is 27.9. The third kappa shape index (κ3) is 7.26. The summed E-state index contributed by atoms with van der Waals surface area (Å²) in [6.45, 7) is 8.39. The van der Waals surface area contributed by atoms with Gasteiger partial charge >= 0.3 is 0 Å². The van der Waals surface area contributed by atoms with Gasteiger partial charge in [0.25, 0.3) is 0 Å².